The molecule has 0 saturated carbocycles. The number of carbonyl (C=O) groups is 3. The van der Waals surface area contributed by atoms with Gasteiger partial charge in [0, 0.05) is 22.3 Å². The predicted molar refractivity (Wildman–Crippen MR) is 109 cm³/mol. The van der Waals surface area contributed by atoms with Crippen LogP contribution in [-0.4, -0.2) is 23.8 Å². The highest BCUT2D eigenvalue weighted by atomic mass is 35.5. The average Bonchev–Trinajstić information content (AvgIpc) is 3.28. The van der Waals surface area contributed by atoms with E-state index in [4.69, 9.17) is 11.6 Å². The maximum atomic E-state index is 13.6. The lowest BCUT2D eigenvalue weighted by molar-refractivity contribution is -0.130. The van der Waals surface area contributed by atoms with Gasteiger partial charge in [-0.25, -0.2) is 4.90 Å². The zero-order chi connectivity index (χ0) is 20.5. The summed E-state index contributed by atoms with van der Waals surface area (Å²) in [6.07, 6.45) is 0. The minimum absolute atomic E-state index is 0.0596. The van der Waals surface area contributed by atoms with Crippen LogP contribution in [0.25, 0.3) is 0 Å². The summed E-state index contributed by atoms with van der Waals surface area (Å²) >= 11 is 5.97. The summed E-state index contributed by atoms with van der Waals surface area (Å²) in [5, 5.41) is 6.84. The highest BCUT2D eigenvalue weighted by molar-refractivity contribution is 6.31. The van der Waals surface area contributed by atoms with Crippen LogP contribution in [0.2, 0.25) is 5.02 Å². The van der Waals surface area contributed by atoms with Gasteiger partial charge in [0.2, 0.25) is 17.7 Å². The molecule has 4 atom stereocenters. The van der Waals surface area contributed by atoms with Gasteiger partial charge in [0.1, 0.15) is 5.54 Å². The summed E-state index contributed by atoms with van der Waals surface area (Å²) in [5.41, 5.74) is 0.633. The van der Waals surface area contributed by atoms with E-state index in [0.717, 1.165) is 5.56 Å². The molecule has 2 fully saturated rings. The Labute approximate surface area is 173 Å². The van der Waals surface area contributed by atoms with Gasteiger partial charge in [-0.15, -0.1) is 0 Å². The van der Waals surface area contributed by atoms with Gasteiger partial charge < -0.3 is 5.32 Å². The van der Waals surface area contributed by atoms with E-state index in [2.05, 4.69) is 10.6 Å². The highest BCUT2D eigenvalue weighted by Crippen LogP contribution is 2.54. The first-order chi connectivity index (χ1) is 13.9. The van der Waals surface area contributed by atoms with E-state index < -0.39 is 17.4 Å². The van der Waals surface area contributed by atoms with Crippen molar-refractivity contribution in [3.05, 3.63) is 59.1 Å². The van der Waals surface area contributed by atoms with E-state index >= 15 is 0 Å². The van der Waals surface area contributed by atoms with Gasteiger partial charge in [-0.05, 0) is 36.2 Å². The number of hydrogen-bond acceptors (Lipinski definition) is 4. The van der Waals surface area contributed by atoms with Crippen LogP contribution in [0.3, 0.4) is 0 Å². The van der Waals surface area contributed by atoms with Crippen molar-refractivity contribution >= 4 is 40.7 Å². The Kier molecular flexibility index (Phi) is 3.89. The number of hydrogen-bond donors (Lipinski definition) is 2. The second-order valence-electron chi connectivity index (χ2n) is 8.21. The molecule has 3 heterocycles. The summed E-state index contributed by atoms with van der Waals surface area (Å²) in [7, 11) is 0. The number of halogens is 1. The van der Waals surface area contributed by atoms with Crippen molar-refractivity contribution in [3.63, 3.8) is 0 Å². The molecular weight excluding hydrogens is 390 g/mol. The molecule has 7 heteroatoms. The normalized spacial score (nSPS) is 30.3. The first kappa shape index (κ1) is 18.3. The largest absolute Gasteiger partial charge is 0.324 e. The van der Waals surface area contributed by atoms with Crippen LogP contribution < -0.4 is 15.5 Å². The molecule has 2 N–H and O–H groups in total. The van der Waals surface area contributed by atoms with Crippen LogP contribution in [0.5, 0.6) is 0 Å². The molecule has 0 bridgehead atoms. The molecule has 0 aromatic heterocycles. The van der Waals surface area contributed by atoms with Gasteiger partial charge in [-0.3, -0.25) is 19.7 Å². The molecule has 2 aromatic carbocycles. The molecule has 148 valence electrons. The predicted octanol–water partition coefficient (Wildman–Crippen LogP) is 2.92. The smallest absolute Gasteiger partial charge is 0.250 e. The first-order valence-electron chi connectivity index (χ1n) is 9.68. The van der Waals surface area contributed by atoms with E-state index in [0.29, 0.717) is 16.4 Å². The first-order valence-corrected chi connectivity index (χ1v) is 10.1. The van der Waals surface area contributed by atoms with Crippen molar-refractivity contribution in [3.8, 4) is 0 Å². The van der Waals surface area contributed by atoms with Crippen LogP contribution in [-0.2, 0) is 19.9 Å². The van der Waals surface area contributed by atoms with Crippen molar-refractivity contribution in [1.82, 2.24) is 5.32 Å². The van der Waals surface area contributed by atoms with Crippen molar-refractivity contribution < 1.29 is 14.4 Å². The summed E-state index contributed by atoms with van der Waals surface area (Å²) in [6, 6.07) is 13.7. The molecule has 0 radical (unpaired) electrons. The zero-order valence-corrected chi connectivity index (χ0v) is 16.7. The average molecular weight is 410 g/mol. The fourth-order valence-corrected chi connectivity index (χ4v) is 5.23. The maximum Gasteiger partial charge on any atom is 0.250 e. The van der Waals surface area contributed by atoms with E-state index in [-0.39, 0.29) is 29.7 Å². The summed E-state index contributed by atoms with van der Waals surface area (Å²) in [4.78, 5) is 41.5. The zero-order valence-electron chi connectivity index (χ0n) is 16.0. The highest BCUT2D eigenvalue weighted by Gasteiger charge is 2.70. The number of fused-ring (bicyclic) bond motifs is 4. The van der Waals surface area contributed by atoms with Crippen LogP contribution in [0.1, 0.15) is 19.4 Å². The lowest BCUT2D eigenvalue weighted by atomic mass is 9.76. The van der Waals surface area contributed by atoms with E-state index in [1.165, 1.54) is 4.90 Å². The Morgan fingerprint density at radius 1 is 1.00 bits per heavy atom. The molecule has 6 nitrogen and oxygen atoms in total. The Hall–Kier alpha value is -2.70. The van der Waals surface area contributed by atoms with Gasteiger partial charge in [-0.2, -0.15) is 0 Å². The Morgan fingerprint density at radius 3 is 2.38 bits per heavy atom. The van der Waals surface area contributed by atoms with Crippen LogP contribution in [0.15, 0.2) is 48.5 Å². The second-order valence-corrected chi connectivity index (χ2v) is 8.65. The number of rotatable bonds is 2. The van der Waals surface area contributed by atoms with Crippen LogP contribution in [0, 0.1) is 17.8 Å². The number of nitrogens with one attached hydrogen (secondary N) is 2. The monoisotopic (exact) mass is 409 g/mol. The number of anilines is 2. The lowest BCUT2D eigenvalue weighted by Gasteiger charge is -2.30. The van der Waals surface area contributed by atoms with Crippen molar-refractivity contribution in [2.75, 3.05) is 10.2 Å². The summed E-state index contributed by atoms with van der Waals surface area (Å²) < 4.78 is 0. The molecule has 0 aliphatic carbocycles. The molecule has 3 amide bonds. The quantitative estimate of drug-likeness (QED) is 0.747. The molecule has 4 unspecified atom stereocenters. The molecule has 2 saturated heterocycles. The molecule has 29 heavy (non-hydrogen) atoms. The summed E-state index contributed by atoms with van der Waals surface area (Å²) in [6.45, 7) is 3.99. The number of imide groups is 1. The van der Waals surface area contributed by atoms with Crippen LogP contribution >= 0.6 is 11.6 Å². The molecule has 2 aromatic rings. The van der Waals surface area contributed by atoms with Gasteiger partial charge in [0.05, 0.1) is 17.5 Å². The fourth-order valence-electron chi connectivity index (χ4n) is 5.11. The van der Waals surface area contributed by atoms with Gasteiger partial charge >= 0.3 is 0 Å². The Bertz CT molecular complexity index is 1050. The number of nitrogens with zero attached hydrogens (tertiary/aromatic N) is 1. The van der Waals surface area contributed by atoms with Crippen molar-refractivity contribution in [2.24, 2.45) is 17.8 Å². The lowest BCUT2D eigenvalue weighted by Crippen LogP contribution is -2.54. The Morgan fingerprint density at radius 2 is 1.69 bits per heavy atom. The third kappa shape index (κ3) is 2.30. The Balaban J connectivity index is 1.68. The van der Waals surface area contributed by atoms with Gasteiger partial charge in [0.15, 0.2) is 0 Å². The molecular formula is C22H20ClN3O3. The van der Waals surface area contributed by atoms with E-state index in [1.807, 2.05) is 38.1 Å². The number of para-hydroxylation sites is 1. The number of amides is 3. The van der Waals surface area contributed by atoms with E-state index in [1.54, 1.807) is 24.3 Å². The fraction of sp³-hybridized carbons (Fsp3) is 0.318. The standard InChI is InChI=1S/C22H20ClN3O3/c1-11(2)18-16-17(20(28)26(19(16)27)13-9-7-12(23)8-10-13)22(25-18)14-5-3-4-6-15(14)24-21(22)29/h3-11,16-18,25H,1-2H3,(H,24,29). The molecule has 1 spiro atoms. The SMILES string of the molecule is CC(C)C1NC2(C(=O)Nc3ccccc32)C2C(=O)N(c3ccc(Cl)cc3)C(=O)C12. The third-order valence-electron chi connectivity index (χ3n) is 6.36. The van der Waals surface area contributed by atoms with Crippen molar-refractivity contribution in [2.45, 2.75) is 25.4 Å². The van der Waals surface area contributed by atoms with Crippen molar-refractivity contribution in [1.29, 1.82) is 0 Å². The molecule has 3 aliphatic heterocycles. The molecule has 5 rings (SSSR count). The second kappa shape index (κ2) is 6.15. The maximum absolute atomic E-state index is 13.6. The minimum atomic E-state index is -1.25. The van der Waals surface area contributed by atoms with Gasteiger partial charge in [0.25, 0.3) is 0 Å². The minimum Gasteiger partial charge on any atom is -0.324 e. The number of carbonyl (C=O) groups excluding carboxylic acids is 3. The topological polar surface area (TPSA) is 78.5 Å². The van der Waals surface area contributed by atoms with Gasteiger partial charge in [-0.1, -0.05) is 43.6 Å². The van der Waals surface area contributed by atoms with E-state index in [9.17, 15) is 14.4 Å². The number of benzene rings is 2. The third-order valence-corrected chi connectivity index (χ3v) is 6.61. The van der Waals surface area contributed by atoms with Crippen LogP contribution in [0.4, 0.5) is 11.4 Å². The molecule has 3 aliphatic rings. The summed E-state index contributed by atoms with van der Waals surface area (Å²) in [5.74, 6) is -2.27.